The summed E-state index contributed by atoms with van der Waals surface area (Å²) in [7, 11) is 0. The van der Waals surface area contributed by atoms with E-state index in [4.69, 9.17) is 34.8 Å². The Morgan fingerprint density at radius 1 is 0.923 bits per heavy atom. The maximum atomic E-state index is 14.0. The van der Waals surface area contributed by atoms with Crippen LogP contribution in [0.4, 0.5) is 26.3 Å². The van der Waals surface area contributed by atoms with Gasteiger partial charge >= 0.3 is 12.4 Å². The summed E-state index contributed by atoms with van der Waals surface area (Å²) >= 11 is 17.7. The predicted molar refractivity (Wildman–Crippen MR) is 140 cm³/mol. The van der Waals surface area contributed by atoms with Crippen molar-refractivity contribution in [3.05, 3.63) is 86.4 Å². The minimum atomic E-state index is -4.69. The van der Waals surface area contributed by atoms with Gasteiger partial charge < -0.3 is 5.32 Å². The van der Waals surface area contributed by atoms with Crippen LogP contribution in [0.15, 0.2) is 54.6 Å². The van der Waals surface area contributed by atoms with Crippen LogP contribution in [0.1, 0.15) is 40.7 Å². The number of alkyl halides is 6. The zero-order valence-corrected chi connectivity index (χ0v) is 22.3. The van der Waals surface area contributed by atoms with E-state index in [1.54, 1.807) is 29.6 Å². The third kappa shape index (κ3) is 7.90. The molecule has 0 bridgehead atoms. The van der Waals surface area contributed by atoms with Gasteiger partial charge in [0.05, 0.1) is 21.0 Å². The Bertz CT molecular complexity index is 1400. The molecule has 0 aliphatic carbocycles. The normalized spacial score (nSPS) is 14.0. The summed E-state index contributed by atoms with van der Waals surface area (Å²) in [6.45, 7) is -0.183. The molecule has 3 aromatic carbocycles. The first-order valence-electron chi connectivity index (χ1n) is 11.4. The van der Waals surface area contributed by atoms with Crippen LogP contribution in [0, 0.1) is 5.92 Å². The summed E-state index contributed by atoms with van der Waals surface area (Å²) in [5.41, 5.74) is 0.340. The van der Waals surface area contributed by atoms with E-state index in [2.05, 4.69) is 0 Å². The van der Waals surface area contributed by atoms with Gasteiger partial charge in [0.15, 0.2) is 5.78 Å². The van der Waals surface area contributed by atoms with Gasteiger partial charge in [0.1, 0.15) is 6.54 Å². The lowest BCUT2D eigenvalue weighted by Crippen LogP contribution is -2.37. The van der Waals surface area contributed by atoms with Crippen molar-refractivity contribution in [2.75, 3.05) is 6.54 Å². The van der Waals surface area contributed by atoms with Crippen molar-refractivity contribution < 1.29 is 35.9 Å². The predicted octanol–water partition coefficient (Wildman–Crippen LogP) is 9.05. The molecule has 2 atom stereocenters. The summed E-state index contributed by atoms with van der Waals surface area (Å²) in [6.07, 6.45) is -7.44. The SMILES string of the molecule is CC(CC(=O)c1ccc(/C=C/C(c2cc(Cl)c(Cl)c(Cl)c2)C(F)(F)F)c2ccccc12)C(=O)NCC(F)(F)F. The van der Waals surface area contributed by atoms with Crippen LogP contribution in [0.25, 0.3) is 16.8 Å². The zero-order valence-electron chi connectivity index (χ0n) is 20.1. The smallest absolute Gasteiger partial charge is 0.347 e. The highest BCUT2D eigenvalue weighted by atomic mass is 35.5. The summed E-state index contributed by atoms with van der Waals surface area (Å²) in [5.74, 6) is -4.54. The second kappa shape index (κ2) is 12.2. The number of hydrogen-bond donors (Lipinski definition) is 1. The summed E-state index contributed by atoms with van der Waals surface area (Å²) in [4.78, 5) is 24.9. The molecule has 3 rings (SSSR count). The molecule has 3 aromatic rings. The molecule has 0 radical (unpaired) electrons. The van der Waals surface area contributed by atoms with Gasteiger partial charge in [-0.25, -0.2) is 0 Å². The number of halogens is 9. The number of nitrogens with one attached hydrogen (secondary N) is 1. The number of amides is 1. The Balaban J connectivity index is 1.92. The number of carbonyl (C=O) groups excluding carboxylic acids is 2. The molecule has 2 unspecified atom stereocenters. The van der Waals surface area contributed by atoms with Crippen LogP contribution in [0.5, 0.6) is 0 Å². The number of fused-ring (bicyclic) bond motifs is 1. The molecular formula is C27H20Cl3F6NO2. The van der Waals surface area contributed by atoms with Crippen molar-refractivity contribution >= 4 is 63.3 Å². The second-order valence-electron chi connectivity index (χ2n) is 8.79. The summed E-state index contributed by atoms with van der Waals surface area (Å²) < 4.78 is 79.0. The van der Waals surface area contributed by atoms with Crippen molar-refractivity contribution in [2.24, 2.45) is 5.92 Å². The number of rotatable bonds is 8. The van der Waals surface area contributed by atoms with Crippen molar-refractivity contribution in [1.29, 1.82) is 0 Å². The number of Topliss-reactive ketones (excluding diaryl/α,β-unsaturated/α-hetero) is 1. The first-order valence-corrected chi connectivity index (χ1v) is 12.5. The third-order valence-electron chi connectivity index (χ3n) is 5.85. The molecule has 3 nitrogen and oxygen atoms in total. The molecule has 1 N–H and O–H groups in total. The van der Waals surface area contributed by atoms with Crippen LogP contribution in [0.3, 0.4) is 0 Å². The number of hydrogen-bond acceptors (Lipinski definition) is 2. The Kier molecular flexibility index (Phi) is 9.62. The maximum Gasteiger partial charge on any atom is 0.405 e. The van der Waals surface area contributed by atoms with E-state index in [1.807, 2.05) is 0 Å². The molecule has 0 aromatic heterocycles. The van der Waals surface area contributed by atoms with Crippen molar-refractivity contribution in [2.45, 2.75) is 31.6 Å². The van der Waals surface area contributed by atoms with Crippen LogP contribution in [0.2, 0.25) is 15.1 Å². The highest BCUT2D eigenvalue weighted by Crippen LogP contribution is 2.41. The van der Waals surface area contributed by atoms with Gasteiger partial charge in [-0.2, -0.15) is 26.3 Å². The molecule has 1 amide bonds. The molecule has 0 aliphatic rings. The molecular weight excluding hydrogens is 591 g/mol. The minimum absolute atomic E-state index is 0.0645. The monoisotopic (exact) mass is 609 g/mol. The number of allylic oxidation sites excluding steroid dienone is 1. The molecule has 0 saturated heterocycles. The van der Waals surface area contributed by atoms with E-state index in [0.717, 1.165) is 18.2 Å². The van der Waals surface area contributed by atoms with Crippen LogP contribution < -0.4 is 5.32 Å². The largest absolute Gasteiger partial charge is 0.405 e. The second-order valence-corrected chi connectivity index (χ2v) is 9.98. The Morgan fingerprint density at radius 3 is 2.08 bits per heavy atom. The Morgan fingerprint density at radius 2 is 1.51 bits per heavy atom. The van der Waals surface area contributed by atoms with Crippen LogP contribution in [-0.4, -0.2) is 30.6 Å². The van der Waals surface area contributed by atoms with Gasteiger partial charge in [0, 0.05) is 17.9 Å². The number of carbonyl (C=O) groups is 2. The average molecular weight is 611 g/mol. The van der Waals surface area contributed by atoms with Crippen LogP contribution in [-0.2, 0) is 4.79 Å². The van der Waals surface area contributed by atoms with E-state index in [9.17, 15) is 35.9 Å². The van der Waals surface area contributed by atoms with E-state index < -0.39 is 42.4 Å². The van der Waals surface area contributed by atoms with Gasteiger partial charge in [0.25, 0.3) is 0 Å². The quantitative estimate of drug-likeness (QED) is 0.157. The zero-order chi connectivity index (χ0) is 29.1. The Labute approximate surface area is 234 Å². The molecule has 39 heavy (non-hydrogen) atoms. The van der Waals surface area contributed by atoms with Gasteiger partial charge in [-0.3, -0.25) is 9.59 Å². The van der Waals surface area contributed by atoms with Gasteiger partial charge in [-0.05, 0) is 34.0 Å². The molecule has 208 valence electrons. The van der Waals surface area contributed by atoms with Crippen molar-refractivity contribution in [3.8, 4) is 0 Å². The topological polar surface area (TPSA) is 46.2 Å². The summed E-state index contributed by atoms with van der Waals surface area (Å²) in [5, 5.41) is 2.30. The van der Waals surface area contributed by atoms with Crippen molar-refractivity contribution in [1.82, 2.24) is 5.32 Å². The standard InChI is InChI=1S/C27H20Cl3F6NO2/c1-14(25(39)37-13-26(31,32)33)10-23(38)19-8-6-15(17-4-2-3-5-18(17)19)7-9-20(27(34,35)36)16-11-21(28)24(30)22(29)12-16/h2-9,11-12,14,20H,10,13H2,1H3,(H,37,39)/b9-7+. The van der Waals surface area contributed by atoms with E-state index in [1.165, 1.54) is 25.1 Å². The fourth-order valence-electron chi connectivity index (χ4n) is 3.92. The van der Waals surface area contributed by atoms with Gasteiger partial charge in [-0.1, -0.05) is 90.3 Å². The van der Waals surface area contributed by atoms with Gasteiger partial charge in [0.2, 0.25) is 5.91 Å². The molecule has 12 heteroatoms. The average Bonchev–Trinajstić information content (AvgIpc) is 2.84. The van der Waals surface area contributed by atoms with E-state index in [0.29, 0.717) is 16.3 Å². The molecule has 0 heterocycles. The lowest BCUT2D eigenvalue weighted by Gasteiger charge is -2.19. The lowest BCUT2D eigenvalue weighted by atomic mass is 9.92. The van der Waals surface area contributed by atoms with Crippen molar-refractivity contribution in [3.63, 3.8) is 0 Å². The highest BCUT2D eigenvalue weighted by Gasteiger charge is 2.39. The van der Waals surface area contributed by atoms with E-state index >= 15 is 0 Å². The number of ketones is 1. The highest BCUT2D eigenvalue weighted by molar-refractivity contribution is 6.48. The first kappa shape index (κ1) is 30.8. The third-order valence-corrected chi connectivity index (χ3v) is 7.04. The molecule has 0 aliphatic heterocycles. The van der Waals surface area contributed by atoms with Gasteiger partial charge in [-0.15, -0.1) is 0 Å². The number of benzene rings is 3. The fourth-order valence-corrected chi connectivity index (χ4v) is 4.53. The minimum Gasteiger partial charge on any atom is -0.347 e. The maximum absolute atomic E-state index is 14.0. The summed E-state index contributed by atoms with van der Waals surface area (Å²) in [6, 6.07) is 11.5. The fraction of sp³-hybridized carbons (Fsp3) is 0.259. The molecule has 0 fully saturated rings. The van der Waals surface area contributed by atoms with E-state index in [-0.39, 0.29) is 32.6 Å². The molecule has 0 spiro atoms. The molecule has 0 saturated carbocycles. The van der Waals surface area contributed by atoms with Crippen LogP contribution >= 0.6 is 34.8 Å². The lowest BCUT2D eigenvalue weighted by molar-refractivity contribution is -0.140. The first-order chi connectivity index (χ1) is 18.1. The Hall–Kier alpha value is -2.75.